The van der Waals surface area contributed by atoms with E-state index in [4.69, 9.17) is 5.73 Å². The fourth-order valence-corrected chi connectivity index (χ4v) is 1.21. The summed E-state index contributed by atoms with van der Waals surface area (Å²) in [5.74, 6) is 3.99. The van der Waals surface area contributed by atoms with Gasteiger partial charge in [-0.2, -0.15) is 0 Å². The first-order chi connectivity index (χ1) is 5.65. The Morgan fingerprint density at radius 3 is 2.83 bits per heavy atom. The first kappa shape index (κ1) is 9.05. The Bertz CT molecular complexity index is 241. The number of nitrogens with two attached hydrogens (primary N) is 1. The number of rotatable bonds is 1. The van der Waals surface area contributed by atoms with Crippen LogP contribution >= 0.6 is 0 Å². The average molecular weight is 169 g/mol. The summed E-state index contributed by atoms with van der Waals surface area (Å²) < 4.78 is 13.5. The normalized spacial score (nSPS) is 29.4. The first-order valence-electron chi connectivity index (χ1n) is 4.14. The molecule has 0 spiro atoms. The molecule has 0 saturated carbocycles. The van der Waals surface area contributed by atoms with Gasteiger partial charge in [-0.3, -0.25) is 4.79 Å². The molecule has 0 radical (unpaired) electrons. The van der Waals surface area contributed by atoms with Crippen LogP contribution < -0.4 is 5.73 Å². The zero-order valence-electron chi connectivity index (χ0n) is 6.90. The van der Waals surface area contributed by atoms with E-state index in [0.717, 1.165) is 12.8 Å². The molecule has 1 atom stereocenters. The number of halogens is 1. The van der Waals surface area contributed by atoms with E-state index in [9.17, 15) is 9.18 Å². The van der Waals surface area contributed by atoms with E-state index >= 15 is 0 Å². The van der Waals surface area contributed by atoms with Gasteiger partial charge in [0, 0.05) is 12.8 Å². The zero-order chi connectivity index (χ0) is 9.03. The van der Waals surface area contributed by atoms with Crippen molar-refractivity contribution in [3.05, 3.63) is 0 Å². The van der Waals surface area contributed by atoms with Crippen LogP contribution in [0.2, 0.25) is 0 Å². The van der Waals surface area contributed by atoms with Crippen molar-refractivity contribution in [1.29, 1.82) is 0 Å². The van der Waals surface area contributed by atoms with Crippen LogP contribution in [0.5, 0.6) is 0 Å². The van der Waals surface area contributed by atoms with Crippen molar-refractivity contribution < 1.29 is 9.18 Å². The largest absolute Gasteiger partial charge is 0.366 e. The highest BCUT2D eigenvalue weighted by atomic mass is 19.1. The molecule has 0 heterocycles. The second-order valence-corrected chi connectivity index (χ2v) is 3.03. The van der Waals surface area contributed by atoms with E-state index < -0.39 is 11.6 Å². The van der Waals surface area contributed by atoms with E-state index in [1.807, 2.05) is 0 Å². The predicted molar refractivity (Wildman–Crippen MR) is 43.9 cm³/mol. The van der Waals surface area contributed by atoms with Gasteiger partial charge in [-0.15, -0.1) is 0 Å². The van der Waals surface area contributed by atoms with Crippen molar-refractivity contribution in [3.8, 4) is 11.8 Å². The van der Waals surface area contributed by atoms with E-state index in [1.54, 1.807) is 0 Å². The number of amides is 1. The summed E-state index contributed by atoms with van der Waals surface area (Å²) in [6.07, 6.45) is 3.41. The molecule has 1 unspecified atom stereocenters. The molecule has 2 nitrogen and oxygen atoms in total. The summed E-state index contributed by atoms with van der Waals surface area (Å²) in [5, 5.41) is 0. The topological polar surface area (TPSA) is 43.1 Å². The molecule has 0 fully saturated rings. The Morgan fingerprint density at radius 1 is 1.42 bits per heavy atom. The molecule has 0 aromatic rings. The molecule has 1 amide bonds. The lowest BCUT2D eigenvalue weighted by atomic mass is 9.95. The van der Waals surface area contributed by atoms with Crippen LogP contribution in [0.1, 0.15) is 32.1 Å². The molecule has 1 rings (SSSR count). The van der Waals surface area contributed by atoms with Crippen molar-refractivity contribution in [2.24, 2.45) is 5.73 Å². The average Bonchev–Trinajstić information content (AvgIpc) is 1.97. The molecule has 2 N–H and O–H groups in total. The number of alkyl halides is 1. The number of carbonyl (C=O) groups excluding carboxylic acids is 1. The molecule has 3 heteroatoms. The Balaban J connectivity index is 2.77. The Kier molecular flexibility index (Phi) is 2.69. The minimum Gasteiger partial charge on any atom is -0.366 e. The van der Waals surface area contributed by atoms with Crippen molar-refractivity contribution >= 4 is 5.91 Å². The summed E-state index contributed by atoms with van der Waals surface area (Å²) in [6, 6.07) is 0. The minimum atomic E-state index is -2.07. The number of carbonyl (C=O) groups is 1. The highest BCUT2D eigenvalue weighted by molar-refractivity contribution is 5.87. The third-order valence-corrected chi connectivity index (χ3v) is 2.00. The van der Waals surface area contributed by atoms with Gasteiger partial charge in [-0.1, -0.05) is 18.3 Å². The van der Waals surface area contributed by atoms with Crippen LogP contribution in [0, 0.1) is 11.8 Å². The Hall–Kier alpha value is -1.04. The molecule has 66 valence electrons. The lowest BCUT2D eigenvalue weighted by Gasteiger charge is -2.16. The van der Waals surface area contributed by atoms with Crippen LogP contribution in [-0.4, -0.2) is 11.6 Å². The van der Waals surface area contributed by atoms with E-state index in [1.165, 1.54) is 0 Å². The van der Waals surface area contributed by atoms with E-state index in [-0.39, 0.29) is 6.42 Å². The summed E-state index contributed by atoms with van der Waals surface area (Å²) in [4.78, 5) is 10.7. The first-order valence-corrected chi connectivity index (χ1v) is 4.14. The highest BCUT2D eigenvalue weighted by Crippen LogP contribution is 2.21. The third kappa shape index (κ3) is 1.97. The fraction of sp³-hybridized carbons (Fsp3) is 0.667. The second-order valence-electron chi connectivity index (χ2n) is 3.03. The van der Waals surface area contributed by atoms with Gasteiger partial charge in [-0.05, 0) is 12.8 Å². The molecular weight excluding hydrogens is 157 g/mol. The van der Waals surface area contributed by atoms with Gasteiger partial charge < -0.3 is 5.73 Å². The van der Waals surface area contributed by atoms with Crippen molar-refractivity contribution in [2.75, 3.05) is 0 Å². The van der Waals surface area contributed by atoms with Crippen LogP contribution in [0.25, 0.3) is 0 Å². The smallest absolute Gasteiger partial charge is 0.267 e. The maximum atomic E-state index is 13.5. The van der Waals surface area contributed by atoms with E-state index in [0.29, 0.717) is 12.8 Å². The Labute approximate surface area is 71.3 Å². The van der Waals surface area contributed by atoms with Crippen LogP contribution in [-0.2, 0) is 4.79 Å². The molecule has 1 aliphatic carbocycles. The maximum absolute atomic E-state index is 13.5. The van der Waals surface area contributed by atoms with Gasteiger partial charge in [0.25, 0.3) is 5.91 Å². The van der Waals surface area contributed by atoms with Crippen molar-refractivity contribution in [2.45, 2.75) is 37.8 Å². The lowest BCUT2D eigenvalue weighted by Crippen LogP contribution is -2.38. The second kappa shape index (κ2) is 3.57. The van der Waals surface area contributed by atoms with Crippen molar-refractivity contribution in [3.63, 3.8) is 0 Å². The Morgan fingerprint density at radius 2 is 2.17 bits per heavy atom. The van der Waals surface area contributed by atoms with Gasteiger partial charge in [0.1, 0.15) is 0 Å². The molecular formula is C9H12FNO. The maximum Gasteiger partial charge on any atom is 0.267 e. The zero-order valence-corrected chi connectivity index (χ0v) is 6.90. The molecule has 0 aromatic carbocycles. The van der Waals surface area contributed by atoms with Crippen LogP contribution in [0.3, 0.4) is 0 Å². The SMILES string of the molecule is NC(=O)C1(F)C#CCCCCC1. The predicted octanol–water partition coefficient (Wildman–Crippen LogP) is 1.15. The molecule has 0 aliphatic heterocycles. The lowest BCUT2D eigenvalue weighted by molar-refractivity contribution is -0.126. The van der Waals surface area contributed by atoms with Gasteiger partial charge in [0.2, 0.25) is 5.67 Å². The standard InChI is InChI=1S/C9H12FNO/c10-9(8(11)12)6-4-2-1-3-5-7-9/h1-4,6H2,(H2,11,12). The number of hydrogen-bond acceptors (Lipinski definition) is 1. The monoisotopic (exact) mass is 169 g/mol. The molecule has 0 saturated heterocycles. The molecule has 1 aliphatic rings. The summed E-state index contributed by atoms with van der Waals surface area (Å²) >= 11 is 0. The highest BCUT2D eigenvalue weighted by Gasteiger charge is 2.34. The number of hydrogen-bond donors (Lipinski definition) is 1. The third-order valence-electron chi connectivity index (χ3n) is 2.00. The minimum absolute atomic E-state index is 0.148. The fourth-order valence-electron chi connectivity index (χ4n) is 1.21. The van der Waals surface area contributed by atoms with Crippen molar-refractivity contribution in [1.82, 2.24) is 0 Å². The van der Waals surface area contributed by atoms with E-state index in [2.05, 4.69) is 11.8 Å². The summed E-state index contributed by atoms with van der Waals surface area (Å²) in [7, 11) is 0. The quantitative estimate of drug-likeness (QED) is 0.588. The summed E-state index contributed by atoms with van der Waals surface area (Å²) in [6.45, 7) is 0. The van der Waals surface area contributed by atoms with Gasteiger partial charge in [0.15, 0.2) is 0 Å². The van der Waals surface area contributed by atoms with Gasteiger partial charge in [0.05, 0.1) is 0 Å². The molecule has 12 heavy (non-hydrogen) atoms. The van der Waals surface area contributed by atoms with Gasteiger partial charge >= 0.3 is 0 Å². The molecule has 0 aromatic heterocycles. The number of primary amides is 1. The van der Waals surface area contributed by atoms with Crippen LogP contribution in [0.4, 0.5) is 4.39 Å². The van der Waals surface area contributed by atoms with Gasteiger partial charge in [-0.25, -0.2) is 4.39 Å². The summed E-state index contributed by atoms with van der Waals surface area (Å²) in [5.41, 5.74) is 2.84. The van der Waals surface area contributed by atoms with Crippen LogP contribution in [0.15, 0.2) is 0 Å². The molecule has 0 bridgehead atoms.